The molecule has 1 fully saturated rings. The highest BCUT2D eigenvalue weighted by Gasteiger charge is 2.31. The summed E-state index contributed by atoms with van der Waals surface area (Å²) in [5, 5.41) is 12.7. The molecule has 1 aromatic carbocycles. The van der Waals surface area contributed by atoms with Crippen molar-refractivity contribution in [1.29, 1.82) is 0 Å². The smallest absolute Gasteiger partial charge is 0.317 e. The molecular formula is C16H24N2O2. The Bertz CT molecular complexity index is 458. The van der Waals surface area contributed by atoms with Crippen molar-refractivity contribution in [3.05, 3.63) is 35.4 Å². The Hall–Kier alpha value is -1.55. The highest BCUT2D eigenvalue weighted by molar-refractivity contribution is 5.73. The Morgan fingerprint density at radius 2 is 2.25 bits per heavy atom. The number of rotatable bonds is 6. The fourth-order valence-electron chi connectivity index (χ4n) is 2.31. The number of aryl methyl sites for hydroxylation is 1. The van der Waals surface area contributed by atoms with Crippen molar-refractivity contribution in [2.24, 2.45) is 5.92 Å². The van der Waals surface area contributed by atoms with E-state index in [-0.39, 0.29) is 12.1 Å². The Kier molecular flexibility index (Phi) is 5.01. The minimum atomic E-state index is -0.373. The van der Waals surface area contributed by atoms with Crippen LogP contribution in [-0.4, -0.2) is 42.3 Å². The van der Waals surface area contributed by atoms with Gasteiger partial charge in [-0.2, -0.15) is 0 Å². The van der Waals surface area contributed by atoms with Gasteiger partial charge in [0.2, 0.25) is 0 Å². The highest BCUT2D eigenvalue weighted by Crippen LogP contribution is 2.32. The number of hydrogen-bond donors (Lipinski definition) is 2. The third-order valence-electron chi connectivity index (χ3n) is 3.75. The van der Waals surface area contributed by atoms with Crippen molar-refractivity contribution < 1.29 is 9.90 Å². The topological polar surface area (TPSA) is 52.6 Å². The van der Waals surface area contributed by atoms with E-state index in [2.05, 4.69) is 30.4 Å². The summed E-state index contributed by atoms with van der Waals surface area (Å²) in [5.74, 6) is 0.401. The number of likely N-dealkylation sites (N-methyl/N-ethyl adjacent to an activating group) is 1. The number of carbonyl (C=O) groups excluding carboxylic acids is 1. The van der Waals surface area contributed by atoms with Crippen molar-refractivity contribution in [2.75, 3.05) is 20.1 Å². The van der Waals surface area contributed by atoms with Gasteiger partial charge in [-0.15, -0.1) is 0 Å². The third-order valence-corrected chi connectivity index (χ3v) is 3.75. The maximum absolute atomic E-state index is 11.9. The van der Waals surface area contributed by atoms with Gasteiger partial charge in [0.15, 0.2) is 0 Å². The first kappa shape index (κ1) is 14.9. The van der Waals surface area contributed by atoms with Crippen molar-refractivity contribution in [2.45, 2.75) is 32.3 Å². The molecule has 0 saturated heterocycles. The molecule has 1 aliphatic rings. The Balaban J connectivity index is 1.68. The summed E-state index contributed by atoms with van der Waals surface area (Å²) in [4.78, 5) is 13.5. The minimum Gasteiger partial charge on any atom is -0.391 e. The van der Waals surface area contributed by atoms with Crippen molar-refractivity contribution in [3.63, 3.8) is 0 Å². The van der Waals surface area contributed by atoms with E-state index >= 15 is 0 Å². The highest BCUT2D eigenvalue weighted by atomic mass is 16.3. The number of urea groups is 1. The van der Waals surface area contributed by atoms with Gasteiger partial charge in [0, 0.05) is 20.1 Å². The van der Waals surface area contributed by atoms with Crippen LogP contribution in [0.5, 0.6) is 0 Å². The molecule has 0 aromatic heterocycles. The summed E-state index contributed by atoms with van der Waals surface area (Å²) < 4.78 is 0. The van der Waals surface area contributed by atoms with E-state index in [4.69, 9.17) is 0 Å². The SMILES string of the molecule is Cc1cccc(CCNC(=O)N(C)CC(O)C2CC2)c1. The molecule has 0 spiro atoms. The number of nitrogens with one attached hydrogen (secondary N) is 1. The summed E-state index contributed by atoms with van der Waals surface area (Å²) in [6.07, 6.45) is 2.63. The minimum absolute atomic E-state index is 0.114. The molecule has 1 aliphatic carbocycles. The van der Waals surface area contributed by atoms with Crippen molar-refractivity contribution in [3.8, 4) is 0 Å². The van der Waals surface area contributed by atoms with Crippen LogP contribution in [0.4, 0.5) is 4.79 Å². The standard InChI is InChI=1S/C16H24N2O2/c1-12-4-3-5-13(10-12)8-9-17-16(20)18(2)11-15(19)14-6-7-14/h3-5,10,14-15,19H,6-9,11H2,1-2H3,(H,17,20). The number of hydrogen-bond acceptors (Lipinski definition) is 2. The maximum atomic E-state index is 11.9. The molecule has 0 heterocycles. The van der Waals surface area contributed by atoms with Gasteiger partial charge in [0.1, 0.15) is 0 Å². The van der Waals surface area contributed by atoms with Crippen molar-refractivity contribution >= 4 is 6.03 Å². The van der Waals surface area contributed by atoms with Crippen LogP contribution in [0.1, 0.15) is 24.0 Å². The molecule has 0 radical (unpaired) electrons. The summed E-state index contributed by atoms with van der Waals surface area (Å²) in [6.45, 7) is 3.10. The predicted molar refractivity (Wildman–Crippen MR) is 79.6 cm³/mol. The van der Waals surface area contributed by atoms with Crippen LogP contribution in [-0.2, 0) is 6.42 Å². The fourth-order valence-corrected chi connectivity index (χ4v) is 2.31. The third kappa shape index (κ3) is 4.53. The second-order valence-corrected chi connectivity index (χ2v) is 5.76. The lowest BCUT2D eigenvalue weighted by atomic mass is 10.1. The Morgan fingerprint density at radius 1 is 1.50 bits per heavy atom. The Labute approximate surface area is 120 Å². The molecule has 20 heavy (non-hydrogen) atoms. The zero-order valence-corrected chi connectivity index (χ0v) is 12.3. The van der Waals surface area contributed by atoms with E-state index in [1.165, 1.54) is 11.1 Å². The average Bonchev–Trinajstić information content (AvgIpc) is 3.22. The van der Waals surface area contributed by atoms with E-state index in [0.29, 0.717) is 19.0 Å². The predicted octanol–water partition coefficient (Wildman–Crippen LogP) is 1.95. The molecule has 4 heteroatoms. The monoisotopic (exact) mass is 276 g/mol. The van der Waals surface area contributed by atoms with E-state index in [1.807, 2.05) is 6.07 Å². The second kappa shape index (κ2) is 6.75. The number of benzene rings is 1. The number of aliphatic hydroxyl groups excluding tert-OH is 1. The lowest BCUT2D eigenvalue weighted by Crippen LogP contribution is -2.42. The van der Waals surface area contributed by atoms with Gasteiger partial charge in [-0.3, -0.25) is 0 Å². The zero-order chi connectivity index (χ0) is 14.5. The second-order valence-electron chi connectivity index (χ2n) is 5.76. The summed E-state index contributed by atoms with van der Waals surface area (Å²) >= 11 is 0. The van der Waals surface area contributed by atoms with Crippen LogP contribution in [0.2, 0.25) is 0 Å². The number of amides is 2. The molecule has 1 saturated carbocycles. The fraction of sp³-hybridized carbons (Fsp3) is 0.562. The maximum Gasteiger partial charge on any atom is 0.317 e. The molecule has 1 atom stereocenters. The molecule has 2 rings (SSSR count). The van der Waals surface area contributed by atoms with Crippen LogP contribution in [0.25, 0.3) is 0 Å². The first-order chi connectivity index (χ1) is 9.56. The largest absolute Gasteiger partial charge is 0.391 e. The van der Waals surface area contributed by atoms with E-state index in [9.17, 15) is 9.90 Å². The Morgan fingerprint density at radius 3 is 2.90 bits per heavy atom. The summed E-state index contributed by atoms with van der Waals surface area (Å²) in [7, 11) is 1.73. The van der Waals surface area contributed by atoms with Gasteiger partial charge in [-0.1, -0.05) is 29.8 Å². The quantitative estimate of drug-likeness (QED) is 0.834. The lowest BCUT2D eigenvalue weighted by molar-refractivity contribution is 0.113. The van der Waals surface area contributed by atoms with Crippen molar-refractivity contribution in [1.82, 2.24) is 10.2 Å². The van der Waals surface area contributed by atoms with E-state index < -0.39 is 0 Å². The van der Waals surface area contributed by atoms with Gasteiger partial charge in [-0.25, -0.2) is 4.79 Å². The molecule has 0 aliphatic heterocycles. The van der Waals surface area contributed by atoms with Crippen LogP contribution in [0.15, 0.2) is 24.3 Å². The van der Waals surface area contributed by atoms with Gasteiger partial charge < -0.3 is 15.3 Å². The molecule has 2 amide bonds. The normalized spacial score (nSPS) is 15.8. The number of nitrogens with zero attached hydrogens (tertiary/aromatic N) is 1. The van der Waals surface area contributed by atoms with Gasteiger partial charge >= 0.3 is 6.03 Å². The molecule has 2 N–H and O–H groups in total. The first-order valence-corrected chi connectivity index (χ1v) is 7.29. The average molecular weight is 276 g/mol. The molecule has 110 valence electrons. The van der Waals surface area contributed by atoms with Gasteiger partial charge in [0.05, 0.1) is 6.10 Å². The van der Waals surface area contributed by atoms with Crippen LogP contribution in [0, 0.1) is 12.8 Å². The summed E-state index contributed by atoms with van der Waals surface area (Å²) in [5.41, 5.74) is 2.46. The molecule has 1 aromatic rings. The lowest BCUT2D eigenvalue weighted by Gasteiger charge is -2.21. The molecule has 1 unspecified atom stereocenters. The molecule has 4 nitrogen and oxygen atoms in total. The van der Waals surface area contributed by atoms with Gasteiger partial charge in [0.25, 0.3) is 0 Å². The molecular weight excluding hydrogens is 252 g/mol. The first-order valence-electron chi connectivity index (χ1n) is 7.29. The van der Waals surface area contributed by atoms with Crippen LogP contribution < -0.4 is 5.32 Å². The molecule has 0 bridgehead atoms. The number of aliphatic hydroxyl groups is 1. The van der Waals surface area contributed by atoms with Gasteiger partial charge in [-0.05, 0) is 37.7 Å². The van der Waals surface area contributed by atoms with Crippen LogP contribution >= 0.6 is 0 Å². The van der Waals surface area contributed by atoms with Crippen LogP contribution in [0.3, 0.4) is 0 Å². The van der Waals surface area contributed by atoms with E-state index in [0.717, 1.165) is 19.3 Å². The van der Waals surface area contributed by atoms with E-state index in [1.54, 1.807) is 11.9 Å². The zero-order valence-electron chi connectivity index (χ0n) is 12.3. The number of carbonyl (C=O) groups is 1. The summed E-state index contributed by atoms with van der Waals surface area (Å²) in [6, 6.07) is 8.18.